The number of hydrogen-bond donors (Lipinski definition) is 0. The smallest absolute Gasteiger partial charge is 0.356 e. The van der Waals surface area contributed by atoms with E-state index >= 15 is 0 Å². The maximum atomic E-state index is 12.6. The number of carbonyl (C=O) groups is 1. The minimum absolute atomic E-state index is 0.0157. The van der Waals surface area contributed by atoms with Gasteiger partial charge in [-0.25, -0.2) is 18.6 Å². The van der Waals surface area contributed by atoms with Crippen molar-refractivity contribution >= 4 is 17.6 Å². The number of esters is 1. The van der Waals surface area contributed by atoms with Crippen molar-refractivity contribution in [2.45, 2.75) is 19.2 Å². The lowest BCUT2D eigenvalue weighted by atomic mass is 10.1. The summed E-state index contributed by atoms with van der Waals surface area (Å²) in [6.07, 6.45) is -2.73. The second kappa shape index (κ2) is 5.21. The van der Waals surface area contributed by atoms with Crippen LogP contribution < -0.4 is 0 Å². The van der Waals surface area contributed by atoms with Gasteiger partial charge in [0.15, 0.2) is 5.69 Å². The van der Waals surface area contributed by atoms with Gasteiger partial charge in [-0.2, -0.15) is 0 Å². The highest BCUT2D eigenvalue weighted by molar-refractivity contribution is 6.17. The average Bonchev–Trinajstić information content (AvgIpc) is 2.27. The van der Waals surface area contributed by atoms with Gasteiger partial charge in [0.25, 0.3) is 6.43 Å². The Kier molecular flexibility index (Phi) is 4.18. The first-order chi connectivity index (χ1) is 7.51. The van der Waals surface area contributed by atoms with Crippen LogP contribution in [0.2, 0.25) is 0 Å². The summed E-state index contributed by atoms with van der Waals surface area (Å²) >= 11 is 5.60. The van der Waals surface area contributed by atoms with Gasteiger partial charge in [-0.1, -0.05) is 6.07 Å². The number of rotatable bonds is 3. The van der Waals surface area contributed by atoms with Crippen LogP contribution in [0.1, 0.15) is 33.7 Å². The number of pyridine rings is 1. The number of aryl methyl sites for hydroxylation is 1. The van der Waals surface area contributed by atoms with E-state index in [9.17, 15) is 13.6 Å². The minimum atomic E-state index is -2.73. The standard InChI is InChI=1S/C10H10ClF2NO2/c1-5-3-6(4-11)8(10(15)16-2)14-7(5)9(12)13/h3,9H,4H2,1-2H3. The van der Waals surface area contributed by atoms with Gasteiger partial charge >= 0.3 is 5.97 Å². The van der Waals surface area contributed by atoms with Gasteiger partial charge in [0.05, 0.1) is 7.11 Å². The summed E-state index contributed by atoms with van der Waals surface area (Å²) in [5.74, 6) is -0.750. The van der Waals surface area contributed by atoms with E-state index in [0.29, 0.717) is 11.1 Å². The summed E-state index contributed by atoms with van der Waals surface area (Å²) in [7, 11) is 1.16. The zero-order valence-corrected chi connectivity index (χ0v) is 9.52. The third-order valence-corrected chi connectivity index (χ3v) is 2.35. The molecule has 1 heterocycles. The van der Waals surface area contributed by atoms with E-state index in [0.717, 1.165) is 7.11 Å². The molecule has 88 valence electrons. The highest BCUT2D eigenvalue weighted by Gasteiger charge is 2.20. The van der Waals surface area contributed by atoms with Gasteiger partial charge in [0, 0.05) is 11.4 Å². The quantitative estimate of drug-likeness (QED) is 0.611. The van der Waals surface area contributed by atoms with E-state index in [1.165, 1.54) is 13.0 Å². The van der Waals surface area contributed by atoms with E-state index in [4.69, 9.17) is 11.6 Å². The highest BCUT2D eigenvalue weighted by Crippen LogP contribution is 2.23. The summed E-state index contributed by atoms with van der Waals surface area (Å²) in [6, 6.07) is 1.42. The number of aromatic nitrogens is 1. The second-order valence-electron chi connectivity index (χ2n) is 3.12. The molecule has 0 fully saturated rings. The molecule has 0 spiro atoms. The third-order valence-electron chi connectivity index (χ3n) is 2.06. The number of ether oxygens (including phenoxy) is 1. The molecular weight excluding hydrogens is 240 g/mol. The van der Waals surface area contributed by atoms with Gasteiger partial charge in [-0.3, -0.25) is 0 Å². The SMILES string of the molecule is COC(=O)c1nc(C(F)F)c(C)cc1CCl. The summed E-state index contributed by atoms with van der Waals surface area (Å²) in [5.41, 5.74) is 0.112. The van der Waals surface area contributed by atoms with Crippen molar-refractivity contribution in [3.8, 4) is 0 Å². The van der Waals surface area contributed by atoms with Crippen LogP contribution in [0.4, 0.5) is 8.78 Å². The molecule has 0 atom stereocenters. The van der Waals surface area contributed by atoms with Crippen LogP contribution >= 0.6 is 11.6 Å². The highest BCUT2D eigenvalue weighted by atomic mass is 35.5. The first-order valence-electron chi connectivity index (χ1n) is 4.44. The van der Waals surface area contributed by atoms with Crippen LogP contribution in [-0.2, 0) is 10.6 Å². The van der Waals surface area contributed by atoms with Crippen molar-refractivity contribution in [1.29, 1.82) is 0 Å². The molecule has 0 bridgehead atoms. The molecule has 0 radical (unpaired) electrons. The lowest BCUT2D eigenvalue weighted by Gasteiger charge is -2.09. The van der Waals surface area contributed by atoms with Gasteiger partial charge < -0.3 is 4.74 Å². The number of nitrogens with zero attached hydrogens (tertiary/aromatic N) is 1. The molecular formula is C10H10ClF2NO2. The minimum Gasteiger partial charge on any atom is -0.464 e. The lowest BCUT2D eigenvalue weighted by Crippen LogP contribution is -2.11. The number of alkyl halides is 3. The molecule has 0 aliphatic heterocycles. The van der Waals surface area contributed by atoms with E-state index in [1.54, 1.807) is 0 Å². The Balaban J connectivity index is 3.34. The fraction of sp³-hybridized carbons (Fsp3) is 0.400. The lowest BCUT2D eigenvalue weighted by molar-refractivity contribution is 0.0591. The molecule has 0 aliphatic carbocycles. The van der Waals surface area contributed by atoms with Crippen molar-refractivity contribution in [3.63, 3.8) is 0 Å². The van der Waals surface area contributed by atoms with Crippen molar-refractivity contribution in [2.75, 3.05) is 7.11 Å². The summed E-state index contributed by atoms with van der Waals surface area (Å²) < 4.78 is 29.6. The fourth-order valence-corrected chi connectivity index (χ4v) is 1.48. The molecule has 0 saturated heterocycles. The maximum absolute atomic E-state index is 12.6. The van der Waals surface area contributed by atoms with Crippen LogP contribution in [0.15, 0.2) is 6.07 Å². The van der Waals surface area contributed by atoms with Gasteiger partial charge in [-0.15, -0.1) is 11.6 Å². The molecule has 1 rings (SSSR count). The summed E-state index contributed by atoms with van der Waals surface area (Å²) in [4.78, 5) is 14.9. The molecule has 1 aromatic rings. The Hall–Kier alpha value is -1.23. The Labute approximate surface area is 96.4 Å². The van der Waals surface area contributed by atoms with Crippen molar-refractivity contribution in [1.82, 2.24) is 4.98 Å². The summed E-state index contributed by atoms with van der Waals surface area (Å²) in [6.45, 7) is 1.49. The first-order valence-corrected chi connectivity index (χ1v) is 4.97. The Bertz CT molecular complexity index is 410. The normalized spacial score (nSPS) is 10.6. The molecule has 0 saturated carbocycles. The summed E-state index contributed by atoms with van der Waals surface area (Å²) in [5, 5.41) is 0. The Morgan fingerprint density at radius 2 is 2.25 bits per heavy atom. The maximum Gasteiger partial charge on any atom is 0.356 e. The predicted molar refractivity (Wildman–Crippen MR) is 54.8 cm³/mol. The molecule has 16 heavy (non-hydrogen) atoms. The monoisotopic (exact) mass is 249 g/mol. The van der Waals surface area contributed by atoms with E-state index < -0.39 is 18.1 Å². The average molecular weight is 250 g/mol. The van der Waals surface area contributed by atoms with Crippen LogP contribution in [0.3, 0.4) is 0 Å². The predicted octanol–water partition coefficient (Wildman–Crippen LogP) is 2.85. The van der Waals surface area contributed by atoms with Crippen LogP contribution in [-0.4, -0.2) is 18.1 Å². The van der Waals surface area contributed by atoms with Crippen molar-refractivity contribution in [2.24, 2.45) is 0 Å². The third kappa shape index (κ3) is 2.47. The molecule has 0 aliphatic rings. The van der Waals surface area contributed by atoms with Gasteiger partial charge in [-0.05, 0) is 12.5 Å². The molecule has 0 amide bonds. The fourth-order valence-electron chi connectivity index (χ4n) is 1.28. The van der Waals surface area contributed by atoms with Crippen molar-refractivity contribution in [3.05, 3.63) is 28.6 Å². The number of hydrogen-bond acceptors (Lipinski definition) is 3. The van der Waals surface area contributed by atoms with Crippen LogP contribution in [0, 0.1) is 6.92 Å². The van der Waals surface area contributed by atoms with Crippen molar-refractivity contribution < 1.29 is 18.3 Å². The molecule has 3 nitrogen and oxygen atoms in total. The molecule has 1 aromatic heterocycles. The number of carbonyl (C=O) groups excluding carboxylic acids is 1. The van der Waals surface area contributed by atoms with E-state index in [1.807, 2.05) is 0 Å². The molecule has 0 unspecified atom stereocenters. The molecule has 6 heteroatoms. The van der Waals surface area contributed by atoms with Crippen LogP contribution in [0.5, 0.6) is 0 Å². The van der Waals surface area contributed by atoms with E-state index in [2.05, 4.69) is 9.72 Å². The Morgan fingerprint density at radius 3 is 2.69 bits per heavy atom. The Morgan fingerprint density at radius 1 is 1.62 bits per heavy atom. The van der Waals surface area contributed by atoms with Crippen LogP contribution in [0.25, 0.3) is 0 Å². The number of methoxy groups -OCH3 is 1. The second-order valence-corrected chi connectivity index (χ2v) is 3.39. The zero-order valence-electron chi connectivity index (χ0n) is 8.76. The first kappa shape index (κ1) is 12.8. The topological polar surface area (TPSA) is 39.2 Å². The molecule has 0 aromatic carbocycles. The number of halogens is 3. The van der Waals surface area contributed by atoms with E-state index in [-0.39, 0.29) is 11.6 Å². The van der Waals surface area contributed by atoms with Gasteiger partial charge in [0.2, 0.25) is 0 Å². The zero-order chi connectivity index (χ0) is 12.3. The molecule has 0 N–H and O–H groups in total. The largest absolute Gasteiger partial charge is 0.464 e. The van der Waals surface area contributed by atoms with Gasteiger partial charge in [0.1, 0.15) is 5.69 Å².